The van der Waals surface area contributed by atoms with Crippen LogP contribution in [0.25, 0.3) is 11.1 Å². The molecule has 0 saturated carbocycles. The number of nitrogens with one attached hydrogen (secondary N) is 1. The van der Waals surface area contributed by atoms with Gasteiger partial charge in [-0.15, -0.1) is 0 Å². The zero-order valence-corrected chi connectivity index (χ0v) is 13.2. The molecule has 4 nitrogen and oxygen atoms in total. The summed E-state index contributed by atoms with van der Waals surface area (Å²) in [7, 11) is 0. The van der Waals surface area contributed by atoms with Crippen molar-refractivity contribution in [3.8, 4) is 11.1 Å². The lowest BCUT2D eigenvalue weighted by Crippen LogP contribution is -2.45. The fourth-order valence-electron chi connectivity index (χ4n) is 3.92. The van der Waals surface area contributed by atoms with E-state index in [0.29, 0.717) is 23.0 Å². The van der Waals surface area contributed by atoms with Crippen molar-refractivity contribution in [2.45, 2.75) is 25.8 Å². The number of pyridine rings is 1. The summed E-state index contributed by atoms with van der Waals surface area (Å²) < 4.78 is 1.95. The highest BCUT2D eigenvalue weighted by molar-refractivity contribution is 5.95. The number of fused-ring (bicyclic) bond motifs is 4. The predicted octanol–water partition coefficient (Wildman–Crippen LogP) is 2.42. The Balaban J connectivity index is 1.83. The molecule has 0 spiro atoms. The normalized spacial score (nSPS) is 22.5. The van der Waals surface area contributed by atoms with Crippen LogP contribution in [0.1, 0.15) is 35.3 Å². The smallest absolute Gasteiger partial charge is 0.258 e. The van der Waals surface area contributed by atoms with Gasteiger partial charge in [-0.2, -0.15) is 0 Å². The third-order valence-electron chi connectivity index (χ3n) is 5.09. The maximum absolute atomic E-state index is 13.0. The monoisotopic (exact) mass is 308 g/mol. The summed E-state index contributed by atoms with van der Waals surface area (Å²) in [6, 6.07) is 11.4. The Kier molecular flexibility index (Phi) is 3.42. The van der Waals surface area contributed by atoms with Gasteiger partial charge in [-0.05, 0) is 49.6 Å². The summed E-state index contributed by atoms with van der Waals surface area (Å²) in [6.45, 7) is 4.28. The highest BCUT2D eigenvalue weighted by Gasteiger charge is 2.31. The topological polar surface area (TPSA) is 51.1 Å². The molecule has 4 rings (SSSR count). The predicted molar refractivity (Wildman–Crippen MR) is 89.9 cm³/mol. The molecule has 1 N–H and O–H groups in total. The van der Waals surface area contributed by atoms with Gasteiger partial charge >= 0.3 is 0 Å². The average molecular weight is 308 g/mol. The Morgan fingerprint density at radius 1 is 1.22 bits per heavy atom. The quantitative estimate of drug-likeness (QED) is 0.867. The van der Waals surface area contributed by atoms with Crippen LogP contribution in [-0.2, 0) is 6.54 Å². The summed E-state index contributed by atoms with van der Waals surface area (Å²) in [5.74, 6) is 0.996. The first-order valence-corrected chi connectivity index (χ1v) is 8.19. The Bertz CT molecular complexity index is 838. The van der Waals surface area contributed by atoms with Gasteiger partial charge in [-0.1, -0.05) is 18.2 Å². The molecule has 23 heavy (non-hydrogen) atoms. The first-order chi connectivity index (χ1) is 11.1. The first-order valence-electron chi connectivity index (χ1n) is 8.19. The van der Waals surface area contributed by atoms with Crippen molar-refractivity contribution in [1.82, 2.24) is 9.88 Å². The number of aromatic nitrogens is 1. The van der Waals surface area contributed by atoms with E-state index in [-0.39, 0.29) is 11.3 Å². The molecule has 2 bridgehead atoms. The highest BCUT2D eigenvalue weighted by Crippen LogP contribution is 2.32. The maximum atomic E-state index is 13.0. The molecule has 4 heteroatoms. The molecule has 0 aliphatic carbocycles. The van der Waals surface area contributed by atoms with Gasteiger partial charge in [0.25, 0.3) is 5.56 Å². The zero-order chi connectivity index (χ0) is 16.0. The van der Waals surface area contributed by atoms with E-state index < -0.39 is 0 Å². The average Bonchev–Trinajstić information content (AvgIpc) is 2.56. The molecule has 1 saturated heterocycles. The Morgan fingerprint density at radius 3 is 2.91 bits per heavy atom. The van der Waals surface area contributed by atoms with Gasteiger partial charge in [0, 0.05) is 35.8 Å². The molecule has 2 atom stereocenters. The van der Waals surface area contributed by atoms with Gasteiger partial charge in [-0.25, -0.2) is 0 Å². The van der Waals surface area contributed by atoms with Gasteiger partial charge < -0.3 is 9.88 Å². The van der Waals surface area contributed by atoms with Crippen LogP contribution in [0.3, 0.4) is 0 Å². The Morgan fingerprint density at radius 2 is 2.09 bits per heavy atom. The SMILES string of the molecule is CC(=O)c1cccc(-c2ccc3n(c2=O)CC2CNCC3C2)c1. The summed E-state index contributed by atoms with van der Waals surface area (Å²) in [5, 5.41) is 3.46. The molecule has 1 aromatic heterocycles. The minimum Gasteiger partial charge on any atom is -0.316 e. The lowest BCUT2D eigenvalue weighted by atomic mass is 9.84. The van der Waals surface area contributed by atoms with Crippen LogP contribution < -0.4 is 10.9 Å². The van der Waals surface area contributed by atoms with Crippen LogP contribution in [0.4, 0.5) is 0 Å². The zero-order valence-electron chi connectivity index (χ0n) is 13.2. The second-order valence-corrected chi connectivity index (χ2v) is 6.68. The van der Waals surface area contributed by atoms with Crippen LogP contribution in [0.15, 0.2) is 41.2 Å². The number of piperidine rings is 1. The Labute approximate surface area is 135 Å². The third-order valence-corrected chi connectivity index (χ3v) is 5.09. The molecule has 0 amide bonds. The molecule has 2 aliphatic heterocycles. The van der Waals surface area contributed by atoms with Crippen molar-refractivity contribution in [2.24, 2.45) is 5.92 Å². The molecule has 1 aromatic carbocycles. The van der Waals surface area contributed by atoms with Gasteiger partial charge in [0.1, 0.15) is 0 Å². The van der Waals surface area contributed by atoms with Gasteiger partial charge in [-0.3, -0.25) is 9.59 Å². The lowest BCUT2D eigenvalue weighted by molar-refractivity contribution is 0.101. The van der Waals surface area contributed by atoms with E-state index in [1.54, 1.807) is 13.0 Å². The summed E-state index contributed by atoms with van der Waals surface area (Å²) in [4.78, 5) is 24.6. The standard InChI is InChI=1S/C19H20N2O2/c1-12(22)14-3-2-4-15(8-14)17-5-6-18-16-7-13(9-20-10-16)11-21(18)19(17)23/h2-6,8,13,16,20H,7,9-11H2,1H3. The highest BCUT2D eigenvalue weighted by atomic mass is 16.1. The van der Waals surface area contributed by atoms with Crippen molar-refractivity contribution in [3.63, 3.8) is 0 Å². The number of carbonyl (C=O) groups is 1. The van der Waals surface area contributed by atoms with E-state index in [9.17, 15) is 9.59 Å². The van der Waals surface area contributed by atoms with Gasteiger partial charge in [0.15, 0.2) is 5.78 Å². The van der Waals surface area contributed by atoms with Crippen LogP contribution in [0.2, 0.25) is 0 Å². The van der Waals surface area contributed by atoms with Gasteiger partial charge in [0.2, 0.25) is 0 Å². The second-order valence-electron chi connectivity index (χ2n) is 6.68. The number of carbonyl (C=O) groups excluding carboxylic acids is 1. The van der Waals surface area contributed by atoms with E-state index in [1.165, 1.54) is 6.42 Å². The molecule has 1 fully saturated rings. The number of Topliss-reactive ketones (excluding diaryl/α,β-unsaturated/α-hetero) is 1. The molecular formula is C19H20N2O2. The van der Waals surface area contributed by atoms with Crippen molar-refractivity contribution in [1.29, 1.82) is 0 Å². The minimum absolute atomic E-state index is 0.0190. The number of ketones is 1. The summed E-state index contributed by atoms with van der Waals surface area (Å²) in [5.41, 5.74) is 3.37. The van der Waals surface area contributed by atoms with Crippen LogP contribution in [-0.4, -0.2) is 23.4 Å². The number of rotatable bonds is 2. The Hall–Kier alpha value is -2.20. The number of benzene rings is 1. The maximum Gasteiger partial charge on any atom is 0.258 e. The molecule has 118 valence electrons. The number of hydrogen-bond donors (Lipinski definition) is 1. The van der Waals surface area contributed by atoms with Crippen LogP contribution in [0, 0.1) is 5.92 Å². The molecule has 2 aliphatic rings. The molecule has 2 aromatic rings. The van der Waals surface area contributed by atoms with E-state index in [0.717, 1.165) is 30.9 Å². The molecular weight excluding hydrogens is 288 g/mol. The van der Waals surface area contributed by atoms with Gasteiger partial charge in [0.05, 0.1) is 0 Å². The molecule has 2 unspecified atom stereocenters. The largest absolute Gasteiger partial charge is 0.316 e. The lowest BCUT2D eigenvalue weighted by Gasteiger charge is -2.37. The minimum atomic E-state index is 0.0190. The third kappa shape index (κ3) is 2.43. The number of nitrogens with zero attached hydrogens (tertiary/aromatic N) is 1. The van der Waals surface area contributed by atoms with Crippen LogP contribution >= 0.6 is 0 Å². The second kappa shape index (κ2) is 5.46. The fraction of sp³-hybridized carbons (Fsp3) is 0.368. The summed E-state index contributed by atoms with van der Waals surface area (Å²) in [6.07, 6.45) is 1.17. The first kappa shape index (κ1) is 14.4. The van der Waals surface area contributed by atoms with E-state index >= 15 is 0 Å². The van der Waals surface area contributed by atoms with Crippen molar-refractivity contribution in [2.75, 3.05) is 13.1 Å². The number of hydrogen-bond acceptors (Lipinski definition) is 3. The van der Waals surface area contributed by atoms with Crippen molar-refractivity contribution >= 4 is 5.78 Å². The van der Waals surface area contributed by atoms with Crippen molar-refractivity contribution in [3.05, 3.63) is 58.0 Å². The van der Waals surface area contributed by atoms with Crippen LogP contribution in [0.5, 0.6) is 0 Å². The van der Waals surface area contributed by atoms with Crippen molar-refractivity contribution < 1.29 is 4.79 Å². The fourth-order valence-corrected chi connectivity index (χ4v) is 3.92. The van der Waals surface area contributed by atoms with E-state index in [1.807, 2.05) is 28.8 Å². The molecule has 0 radical (unpaired) electrons. The summed E-state index contributed by atoms with van der Waals surface area (Å²) >= 11 is 0. The molecule has 3 heterocycles. The van der Waals surface area contributed by atoms with E-state index in [2.05, 4.69) is 11.4 Å². The van der Waals surface area contributed by atoms with E-state index in [4.69, 9.17) is 0 Å².